The summed E-state index contributed by atoms with van der Waals surface area (Å²) in [7, 11) is 0. The summed E-state index contributed by atoms with van der Waals surface area (Å²) in [5.74, 6) is 1.22. The number of aryl methyl sites for hydroxylation is 1. The van der Waals surface area contributed by atoms with E-state index >= 15 is 0 Å². The van der Waals surface area contributed by atoms with E-state index in [0.717, 1.165) is 18.6 Å². The molecule has 0 spiro atoms. The number of ether oxygens (including phenoxy) is 3. The highest BCUT2D eigenvalue weighted by Crippen LogP contribution is 2.24. The molecule has 3 rings (SSSR count). The molecule has 0 aliphatic heterocycles. The van der Waals surface area contributed by atoms with Gasteiger partial charge in [0.25, 0.3) is 5.91 Å². The van der Waals surface area contributed by atoms with Crippen LogP contribution in [0.5, 0.6) is 17.2 Å². The highest BCUT2D eigenvalue weighted by molar-refractivity contribution is 5.95. The lowest BCUT2D eigenvalue weighted by Gasteiger charge is -2.19. The highest BCUT2D eigenvalue weighted by atomic mass is 16.5. The second-order valence-corrected chi connectivity index (χ2v) is 8.57. The number of amides is 1. The highest BCUT2D eigenvalue weighted by Gasteiger charge is 2.16. The Balaban J connectivity index is 1.47. The third-order valence-corrected chi connectivity index (χ3v) is 5.77. The Labute approximate surface area is 213 Å². The van der Waals surface area contributed by atoms with E-state index in [9.17, 15) is 9.90 Å². The van der Waals surface area contributed by atoms with Crippen molar-refractivity contribution in [3.63, 3.8) is 0 Å². The number of carbonyl (C=O) groups excluding carboxylic acids is 1. The predicted molar refractivity (Wildman–Crippen MR) is 141 cm³/mol. The number of aliphatic hydroxyl groups is 1. The number of primary amides is 1. The minimum atomic E-state index is -0.778. The van der Waals surface area contributed by atoms with Gasteiger partial charge in [-0.05, 0) is 74.2 Å². The number of hydrogen-bond donors (Lipinski definition) is 3. The van der Waals surface area contributed by atoms with Crippen molar-refractivity contribution in [3.8, 4) is 17.2 Å². The Hall–Kier alpha value is -3.55. The smallest absolute Gasteiger partial charge is 0.252 e. The predicted octanol–water partition coefficient (Wildman–Crippen LogP) is 4.29. The van der Waals surface area contributed by atoms with Gasteiger partial charge in [0.05, 0.1) is 18.3 Å². The first-order valence-electron chi connectivity index (χ1n) is 12.3. The Morgan fingerprint density at radius 1 is 0.944 bits per heavy atom. The molecule has 2 atom stereocenters. The van der Waals surface area contributed by atoms with Gasteiger partial charge in [-0.2, -0.15) is 0 Å². The minimum Gasteiger partial charge on any atom is -0.494 e. The summed E-state index contributed by atoms with van der Waals surface area (Å²) in [5, 5.41) is 14.0. The van der Waals surface area contributed by atoms with Gasteiger partial charge < -0.3 is 30.4 Å². The van der Waals surface area contributed by atoms with Gasteiger partial charge in [0.2, 0.25) is 0 Å². The normalized spacial score (nSPS) is 12.5. The molecule has 3 aromatic carbocycles. The number of aliphatic hydroxyl groups excluding tert-OH is 1. The van der Waals surface area contributed by atoms with Crippen LogP contribution in [0.4, 0.5) is 0 Å². The number of carbonyl (C=O) groups is 1. The van der Waals surface area contributed by atoms with E-state index in [-0.39, 0.29) is 18.2 Å². The number of nitrogens with two attached hydrogens (primary N) is 1. The van der Waals surface area contributed by atoms with Crippen LogP contribution in [0.3, 0.4) is 0 Å². The van der Waals surface area contributed by atoms with Crippen LogP contribution >= 0.6 is 0 Å². The molecule has 0 fully saturated rings. The van der Waals surface area contributed by atoms with Crippen molar-refractivity contribution in [2.45, 2.75) is 38.8 Å². The summed E-state index contributed by atoms with van der Waals surface area (Å²) in [6, 6.07) is 22.9. The average molecular weight is 493 g/mol. The first-order valence-corrected chi connectivity index (χ1v) is 12.3. The van der Waals surface area contributed by atoms with Crippen LogP contribution in [0.15, 0.2) is 72.8 Å². The van der Waals surface area contributed by atoms with E-state index < -0.39 is 12.0 Å². The lowest BCUT2D eigenvalue weighted by molar-refractivity contribution is 0.0994. The molecule has 0 saturated carbocycles. The molecule has 0 bridgehead atoms. The van der Waals surface area contributed by atoms with Gasteiger partial charge in [-0.1, -0.05) is 36.4 Å². The van der Waals surface area contributed by atoms with Crippen molar-refractivity contribution >= 4 is 5.91 Å². The Bertz CT molecular complexity index is 1070. The summed E-state index contributed by atoms with van der Waals surface area (Å²) in [6.07, 6.45) is 1.14. The van der Waals surface area contributed by atoms with Crippen molar-refractivity contribution in [2.75, 3.05) is 26.4 Å². The zero-order valence-electron chi connectivity index (χ0n) is 21.0. The third-order valence-electron chi connectivity index (χ3n) is 5.77. The van der Waals surface area contributed by atoms with E-state index in [1.54, 1.807) is 18.2 Å². The van der Waals surface area contributed by atoms with Gasteiger partial charge in [-0.3, -0.25) is 4.79 Å². The van der Waals surface area contributed by atoms with Crippen molar-refractivity contribution < 1.29 is 24.1 Å². The molecule has 0 aromatic heterocycles. The zero-order valence-corrected chi connectivity index (χ0v) is 21.0. The van der Waals surface area contributed by atoms with Crippen LogP contribution in [0, 0.1) is 0 Å². The van der Waals surface area contributed by atoms with Crippen LogP contribution in [0.1, 0.15) is 47.9 Å². The molecule has 7 heteroatoms. The Morgan fingerprint density at radius 2 is 1.61 bits per heavy atom. The fraction of sp³-hybridized carbons (Fsp3) is 0.345. The van der Waals surface area contributed by atoms with Crippen molar-refractivity contribution in [1.82, 2.24) is 5.32 Å². The van der Waals surface area contributed by atoms with Gasteiger partial charge in [-0.15, -0.1) is 0 Å². The number of rotatable bonds is 15. The van der Waals surface area contributed by atoms with E-state index in [4.69, 9.17) is 19.9 Å². The summed E-state index contributed by atoms with van der Waals surface area (Å²) < 4.78 is 16.8. The zero-order chi connectivity index (χ0) is 25.8. The third kappa shape index (κ3) is 8.59. The van der Waals surface area contributed by atoms with Gasteiger partial charge in [0, 0.05) is 12.6 Å². The quantitative estimate of drug-likeness (QED) is 0.274. The SMILES string of the molecule is CCOc1ccc(OCCOc2ccc(C(O)CNC(C)CCc3ccccc3)cc2C(N)=O)cc1. The Morgan fingerprint density at radius 3 is 2.28 bits per heavy atom. The lowest BCUT2D eigenvalue weighted by atomic mass is 10.0. The topological polar surface area (TPSA) is 103 Å². The van der Waals surface area contributed by atoms with Gasteiger partial charge in [-0.25, -0.2) is 0 Å². The summed E-state index contributed by atoms with van der Waals surface area (Å²) in [5.41, 5.74) is 7.69. The molecule has 0 radical (unpaired) electrons. The van der Waals surface area contributed by atoms with E-state index in [2.05, 4.69) is 24.4 Å². The van der Waals surface area contributed by atoms with E-state index in [1.165, 1.54) is 5.56 Å². The molecule has 0 saturated heterocycles. The fourth-order valence-corrected chi connectivity index (χ4v) is 3.74. The maximum absolute atomic E-state index is 12.0. The monoisotopic (exact) mass is 492 g/mol. The van der Waals surface area contributed by atoms with Crippen LogP contribution in [-0.2, 0) is 6.42 Å². The summed E-state index contributed by atoms with van der Waals surface area (Å²) in [4.78, 5) is 12.0. The molecular weight excluding hydrogens is 456 g/mol. The largest absolute Gasteiger partial charge is 0.494 e. The van der Waals surface area contributed by atoms with Crippen LogP contribution in [-0.4, -0.2) is 43.4 Å². The van der Waals surface area contributed by atoms with Crippen molar-refractivity contribution in [1.29, 1.82) is 0 Å². The summed E-state index contributed by atoms with van der Waals surface area (Å²) >= 11 is 0. The molecule has 192 valence electrons. The molecular formula is C29H36N2O5. The van der Waals surface area contributed by atoms with Crippen LogP contribution < -0.4 is 25.3 Å². The van der Waals surface area contributed by atoms with Gasteiger partial charge in [0.1, 0.15) is 30.5 Å². The molecule has 0 heterocycles. The molecule has 36 heavy (non-hydrogen) atoms. The molecule has 2 unspecified atom stereocenters. The molecule has 0 aliphatic rings. The maximum atomic E-state index is 12.0. The average Bonchev–Trinajstić information content (AvgIpc) is 2.90. The first-order chi connectivity index (χ1) is 17.5. The number of hydrogen-bond acceptors (Lipinski definition) is 6. The second kappa shape index (κ2) is 14.1. The van der Waals surface area contributed by atoms with Crippen molar-refractivity contribution in [3.05, 3.63) is 89.5 Å². The molecule has 3 aromatic rings. The van der Waals surface area contributed by atoms with E-state index in [1.807, 2.05) is 49.4 Å². The number of benzene rings is 3. The molecule has 7 nitrogen and oxygen atoms in total. The minimum absolute atomic E-state index is 0.227. The van der Waals surface area contributed by atoms with Gasteiger partial charge in [0.15, 0.2) is 0 Å². The number of nitrogens with one attached hydrogen (secondary N) is 1. The Kier molecular flexibility index (Phi) is 10.6. The lowest BCUT2D eigenvalue weighted by Crippen LogP contribution is -2.31. The van der Waals surface area contributed by atoms with Gasteiger partial charge >= 0.3 is 0 Å². The van der Waals surface area contributed by atoms with Crippen LogP contribution in [0.25, 0.3) is 0 Å². The molecule has 0 aliphatic carbocycles. The maximum Gasteiger partial charge on any atom is 0.252 e. The first kappa shape index (κ1) is 27.0. The standard InChI is InChI=1S/C29H36N2O5/c1-3-34-24-12-14-25(15-13-24)35-17-18-36-28-16-11-23(19-26(28)29(30)33)27(32)20-31-21(2)9-10-22-7-5-4-6-8-22/h4-8,11-16,19,21,27,31-32H,3,9-10,17-18,20H2,1-2H3,(H2,30,33). The molecule has 4 N–H and O–H groups in total. The molecule has 1 amide bonds. The fourth-order valence-electron chi connectivity index (χ4n) is 3.74. The van der Waals surface area contributed by atoms with Crippen molar-refractivity contribution in [2.24, 2.45) is 5.73 Å². The second-order valence-electron chi connectivity index (χ2n) is 8.57. The van der Waals surface area contributed by atoms with Crippen LogP contribution in [0.2, 0.25) is 0 Å². The summed E-state index contributed by atoms with van der Waals surface area (Å²) in [6.45, 7) is 5.52. The van der Waals surface area contributed by atoms with E-state index in [0.29, 0.717) is 36.8 Å².